The van der Waals surface area contributed by atoms with E-state index in [9.17, 15) is 9.59 Å². The number of carbonyl (C=O) groups excluding carboxylic acids is 2. The Morgan fingerprint density at radius 2 is 1.37 bits per heavy atom. The molecule has 264 valence electrons. The van der Waals surface area contributed by atoms with Crippen molar-refractivity contribution in [3.63, 3.8) is 0 Å². The zero-order valence-electron chi connectivity index (χ0n) is 30.5. The van der Waals surface area contributed by atoms with Gasteiger partial charge in [-0.3, -0.25) is 0 Å². The molecule has 4 aliphatic carbocycles. The summed E-state index contributed by atoms with van der Waals surface area (Å²) < 4.78 is 0. The molecule has 0 saturated carbocycles. The second-order valence-corrected chi connectivity index (χ2v) is 15.4. The summed E-state index contributed by atoms with van der Waals surface area (Å²) >= 11 is 0. The van der Waals surface area contributed by atoms with Gasteiger partial charge < -0.3 is 19.4 Å². The van der Waals surface area contributed by atoms with Crippen molar-refractivity contribution in [2.75, 3.05) is 14.1 Å². The minimum Gasteiger partial charge on any atom is -0.333 e. The molecule has 0 N–H and O–H groups in total. The third kappa shape index (κ3) is 5.48. The number of amidine groups is 2. The number of hydrogen-bond donors (Lipinski definition) is 0. The number of nitrogens with zero attached hydrogens (tertiary/aromatic N) is 6. The van der Waals surface area contributed by atoms with Gasteiger partial charge in [-0.25, -0.2) is 19.7 Å². The Bertz CT molecular complexity index is 2030. The lowest BCUT2D eigenvalue weighted by molar-refractivity contribution is -0.129. The Labute approximate surface area is 304 Å². The van der Waals surface area contributed by atoms with Crippen LogP contribution in [0.25, 0.3) is 9.69 Å². The fourth-order valence-electron chi connectivity index (χ4n) is 9.35. The van der Waals surface area contributed by atoms with E-state index in [0.29, 0.717) is 0 Å². The van der Waals surface area contributed by atoms with Crippen LogP contribution in [0.2, 0.25) is 0 Å². The molecule has 5 atom stereocenters. The van der Waals surface area contributed by atoms with Crippen LogP contribution in [0.1, 0.15) is 80.2 Å². The topological polar surface area (TPSA) is 74.1 Å². The molecule has 0 radical (unpaired) electrons. The van der Waals surface area contributed by atoms with Crippen molar-refractivity contribution in [1.82, 2.24) is 9.80 Å². The lowest BCUT2D eigenvalue weighted by Crippen LogP contribution is -2.50. The lowest BCUT2D eigenvalue weighted by atomic mass is 9.53. The molecule has 0 bridgehead atoms. The molecule has 2 heterocycles. The van der Waals surface area contributed by atoms with Crippen molar-refractivity contribution in [1.29, 1.82) is 0 Å². The Morgan fingerprint density at radius 1 is 0.824 bits per heavy atom. The SMILES string of the molecule is C.[C-]#[N+]C1=C[C@]2(C)C3=C(CC[C@H]2C(C)(C)C1=O)C(=C)N(C)C(C)=N3.[C-]#[N+]C1=C[C@]2(C)C3=C(CC[C@H]2[C@H](C)C1=O)C(=C)N(C)C(c1ccccc1)=N3. The quantitative estimate of drug-likeness (QED) is 0.277. The maximum absolute atomic E-state index is 12.7. The minimum atomic E-state index is -0.546. The van der Waals surface area contributed by atoms with E-state index < -0.39 is 16.2 Å². The first kappa shape index (κ1) is 37.2. The van der Waals surface area contributed by atoms with E-state index in [0.717, 1.165) is 71.3 Å². The predicted octanol–water partition coefficient (Wildman–Crippen LogP) is 9.17. The Morgan fingerprint density at radius 3 is 1.98 bits per heavy atom. The standard InChI is InChI=1S/C23H23N3O.C19H23N3O.CH4/c1-14-18-12-11-17-15(2)26(5)22(16-9-7-6-8-10-16)25-21(17)23(18,3)13-19(24-4)20(14)27;1-11-13-8-9-15-18(3,4)17(23)14(20-6)10-19(15,5)16(13)21-12(2)22(11)7;/h6-10,13-14,18H,2,11-12H2,1,3,5H3;10,15H,1,8-9H2,2-5,7H3;1H4/t14-,18-,23-;15-,19-;/m00./s1. The molecule has 1 aromatic carbocycles. The van der Waals surface area contributed by atoms with E-state index in [-0.39, 0.29) is 48.1 Å². The van der Waals surface area contributed by atoms with E-state index in [1.165, 1.54) is 5.57 Å². The number of likely N-dealkylation sites (N-methyl/N-ethyl adjacent to an activating group) is 2. The normalized spacial score (nSPS) is 30.7. The highest BCUT2D eigenvalue weighted by molar-refractivity contribution is 6.03. The summed E-state index contributed by atoms with van der Waals surface area (Å²) in [7, 11) is 3.98. The largest absolute Gasteiger partial charge is 0.333 e. The minimum absolute atomic E-state index is 0. The highest BCUT2D eigenvalue weighted by Crippen LogP contribution is 2.59. The van der Waals surface area contributed by atoms with Crippen LogP contribution in [0, 0.1) is 47.1 Å². The maximum Gasteiger partial charge on any atom is 0.226 e. The van der Waals surface area contributed by atoms with Crippen LogP contribution in [0.3, 0.4) is 0 Å². The average Bonchev–Trinajstić information content (AvgIpc) is 3.09. The van der Waals surface area contributed by atoms with Crippen LogP contribution < -0.4 is 0 Å². The molecule has 0 fully saturated rings. The summed E-state index contributed by atoms with van der Waals surface area (Å²) in [4.78, 5) is 46.3. The van der Waals surface area contributed by atoms with Gasteiger partial charge in [-0.15, -0.1) is 0 Å². The van der Waals surface area contributed by atoms with Gasteiger partial charge in [-0.1, -0.05) is 97.7 Å². The van der Waals surface area contributed by atoms with Crippen molar-refractivity contribution < 1.29 is 9.59 Å². The highest BCUT2D eigenvalue weighted by Gasteiger charge is 2.55. The Balaban J connectivity index is 0.000000196. The summed E-state index contributed by atoms with van der Waals surface area (Å²) in [6.45, 7) is 35.5. The van der Waals surface area contributed by atoms with Crippen LogP contribution in [-0.2, 0) is 9.59 Å². The second-order valence-electron chi connectivity index (χ2n) is 15.4. The van der Waals surface area contributed by atoms with E-state index in [4.69, 9.17) is 23.1 Å². The molecular weight excluding hydrogens is 633 g/mol. The van der Waals surface area contributed by atoms with Gasteiger partial charge >= 0.3 is 0 Å². The molecule has 8 nitrogen and oxygen atoms in total. The van der Waals surface area contributed by atoms with Crippen molar-refractivity contribution in [2.45, 2.75) is 74.7 Å². The van der Waals surface area contributed by atoms with E-state index >= 15 is 0 Å². The van der Waals surface area contributed by atoms with Crippen LogP contribution >= 0.6 is 0 Å². The number of rotatable bonds is 1. The molecule has 0 aromatic heterocycles. The number of benzene rings is 1. The summed E-state index contributed by atoms with van der Waals surface area (Å²) in [5, 5.41) is 0. The van der Waals surface area contributed by atoms with Crippen molar-refractivity contribution >= 4 is 23.2 Å². The molecular formula is C43H50N6O2. The molecule has 51 heavy (non-hydrogen) atoms. The van der Waals surface area contributed by atoms with Gasteiger partial charge in [-0.05, 0) is 55.6 Å². The zero-order chi connectivity index (χ0) is 36.5. The van der Waals surface area contributed by atoms with Gasteiger partial charge in [-0.2, -0.15) is 0 Å². The third-order valence-corrected chi connectivity index (χ3v) is 12.4. The second kappa shape index (κ2) is 12.9. The molecule has 6 aliphatic rings. The fourth-order valence-corrected chi connectivity index (χ4v) is 9.35. The predicted molar refractivity (Wildman–Crippen MR) is 205 cm³/mol. The molecule has 0 saturated heterocycles. The average molecular weight is 683 g/mol. The number of allylic oxidation sites excluding steroid dienone is 6. The number of aliphatic imine (C=N–C) groups is 2. The number of fused-ring (bicyclic) bond motifs is 4. The monoisotopic (exact) mass is 682 g/mol. The first-order chi connectivity index (χ1) is 23.5. The van der Waals surface area contributed by atoms with Crippen molar-refractivity contribution in [3.8, 4) is 0 Å². The Kier molecular flexibility index (Phi) is 9.41. The van der Waals surface area contributed by atoms with Gasteiger partial charge in [0.2, 0.25) is 11.4 Å². The molecule has 1 aromatic rings. The number of carbonyl (C=O) groups is 2. The van der Waals surface area contributed by atoms with Gasteiger partial charge in [0.05, 0.1) is 24.5 Å². The third-order valence-electron chi connectivity index (χ3n) is 12.4. The highest BCUT2D eigenvalue weighted by atomic mass is 16.1. The Hall–Kier alpha value is -5.08. The molecule has 0 spiro atoms. The van der Waals surface area contributed by atoms with Crippen LogP contribution in [0.4, 0.5) is 0 Å². The van der Waals surface area contributed by atoms with Gasteiger partial charge in [0.15, 0.2) is 11.6 Å². The fraction of sp³-hybridized carbons (Fsp3) is 0.442. The summed E-state index contributed by atoms with van der Waals surface area (Å²) in [5.74, 6) is 1.85. The van der Waals surface area contributed by atoms with Crippen LogP contribution in [0.5, 0.6) is 0 Å². The summed E-state index contributed by atoms with van der Waals surface area (Å²) in [5.41, 5.74) is 6.40. The first-order valence-corrected chi connectivity index (χ1v) is 17.3. The summed E-state index contributed by atoms with van der Waals surface area (Å²) in [6.07, 6.45) is 7.30. The van der Waals surface area contributed by atoms with Crippen LogP contribution in [0.15, 0.2) is 111 Å². The number of Topliss-reactive ketones (excluding diaryl/α,β-unsaturated/α-hetero) is 2. The van der Waals surface area contributed by atoms with Gasteiger partial charge in [0.25, 0.3) is 0 Å². The summed E-state index contributed by atoms with van der Waals surface area (Å²) in [6, 6.07) is 10.1. The van der Waals surface area contributed by atoms with E-state index in [1.54, 1.807) is 0 Å². The van der Waals surface area contributed by atoms with Crippen molar-refractivity contribution in [2.24, 2.45) is 44.0 Å². The first-order valence-electron chi connectivity index (χ1n) is 17.3. The lowest BCUT2D eigenvalue weighted by Gasteiger charge is -2.52. The maximum atomic E-state index is 12.7. The molecule has 8 heteroatoms. The van der Waals surface area contributed by atoms with Gasteiger partial charge in [0, 0.05) is 53.2 Å². The number of ketones is 2. The van der Waals surface area contributed by atoms with E-state index in [2.05, 4.69) is 41.6 Å². The van der Waals surface area contributed by atoms with E-state index in [1.807, 2.05) is 89.2 Å². The number of hydrogen-bond acceptors (Lipinski definition) is 6. The van der Waals surface area contributed by atoms with Crippen molar-refractivity contribution in [3.05, 3.63) is 129 Å². The van der Waals surface area contributed by atoms with Crippen LogP contribution in [-0.4, -0.2) is 47.1 Å². The molecule has 0 unspecified atom stereocenters. The zero-order valence-corrected chi connectivity index (χ0v) is 30.5. The molecule has 0 amide bonds. The smallest absolute Gasteiger partial charge is 0.226 e. The molecule has 2 aliphatic heterocycles. The molecule has 7 rings (SSSR count). The van der Waals surface area contributed by atoms with Gasteiger partial charge in [0.1, 0.15) is 11.7 Å².